The average Bonchev–Trinajstić information content (AvgIpc) is 3.57. The number of nitrogens with zero attached hydrogens (tertiary/aromatic N) is 1. The predicted molar refractivity (Wildman–Crippen MR) is 147 cm³/mol. The first kappa shape index (κ1) is 26.0. The van der Waals surface area contributed by atoms with Crippen molar-refractivity contribution in [1.82, 2.24) is 10.2 Å². The number of rotatable bonds is 4. The zero-order valence-corrected chi connectivity index (χ0v) is 22.5. The summed E-state index contributed by atoms with van der Waals surface area (Å²) >= 11 is 6.18. The number of hydrogen-bond donors (Lipinski definition) is 1. The molecule has 3 aromatic rings. The maximum absolute atomic E-state index is 13.1. The fourth-order valence-electron chi connectivity index (χ4n) is 4.95. The summed E-state index contributed by atoms with van der Waals surface area (Å²) in [6, 6.07) is 21.2. The Labute approximate surface area is 227 Å². The van der Waals surface area contributed by atoms with Gasteiger partial charge in [0, 0.05) is 42.1 Å². The zero-order chi connectivity index (χ0) is 26.9. The average molecular weight is 547 g/mol. The minimum Gasteiger partial charge on any atom is -0.349 e. The van der Waals surface area contributed by atoms with E-state index >= 15 is 0 Å². The Morgan fingerprint density at radius 2 is 1.58 bits per heavy atom. The molecule has 0 bridgehead atoms. The second kappa shape index (κ2) is 10.3. The van der Waals surface area contributed by atoms with Crippen LogP contribution in [0.5, 0.6) is 0 Å². The number of hydrogen-bond acceptors (Lipinski definition) is 4. The monoisotopic (exact) mass is 546 g/mol. The van der Waals surface area contributed by atoms with E-state index in [9.17, 15) is 18.0 Å². The van der Waals surface area contributed by atoms with E-state index in [-0.39, 0.29) is 38.8 Å². The Balaban J connectivity index is 1.16. The molecular weight excluding hydrogens is 520 g/mol. The number of carbonyl (C=O) groups is 2. The van der Waals surface area contributed by atoms with Crippen molar-refractivity contribution in [2.75, 3.05) is 19.3 Å². The Morgan fingerprint density at radius 3 is 2.21 bits per heavy atom. The lowest BCUT2D eigenvalue weighted by Gasteiger charge is -2.33. The fourth-order valence-corrected chi connectivity index (χ4v) is 5.80. The molecule has 38 heavy (non-hydrogen) atoms. The van der Waals surface area contributed by atoms with Crippen LogP contribution in [0.15, 0.2) is 77.7 Å². The van der Waals surface area contributed by atoms with Crippen LogP contribution in [0.25, 0.3) is 0 Å². The molecule has 1 spiro atoms. The molecule has 1 aliphatic carbocycles. The summed E-state index contributed by atoms with van der Waals surface area (Å²) in [5.41, 5.74) is 2.54. The minimum atomic E-state index is -3.45. The van der Waals surface area contributed by atoms with Gasteiger partial charge in [-0.1, -0.05) is 41.6 Å². The summed E-state index contributed by atoms with van der Waals surface area (Å²) in [4.78, 5) is 27.9. The van der Waals surface area contributed by atoms with Crippen LogP contribution in [0.2, 0.25) is 5.02 Å². The Hall–Kier alpha value is -3.60. The quantitative estimate of drug-likeness (QED) is 0.486. The number of piperidine rings is 1. The molecule has 5 rings (SSSR count). The molecule has 1 saturated heterocycles. The van der Waals surface area contributed by atoms with Crippen LogP contribution in [0, 0.1) is 17.3 Å². The minimum absolute atomic E-state index is 0.00646. The van der Waals surface area contributed by atoms with Crippen LogP contribution in [0.4, 0.5) is 0 Å². The van der Waals surface area contributed by atoms with Crippen molar-refractivity contribution in [3.63, 3.8) is 0 Å². The van der Waals surface area contributed by atoms with Crippen LogP contribution in [0.3, 0.4) is 0 Å². The van der Waals surface area contributed by atoms with E-state index in [2.05, 4.69) is 17.2 Å². The summed E-state index contributed by atoms with van der Waals surface area (Å²) in [6.07, 6.45) is 3.51. The van der Waals surface area contributed by atoms with Crippen LogP contribution in [-0.2, 0) is 9.84 Å². The lowest BCUT2D eigenvalue weighted by Crippen LogP contribution is -2.41. The number of nitrogens with one attached hydrogen (secondary N) is 1. The first-order valence-corrected chi connectivity index (χ1v) is 14.7. The highest BCUT2D eigenvalue weighted by molar-refractivity contribution is 7.90. The first-order valence-electron chi connectivity index (χ1n) is 12.4. The van der Waals surface area contributed by atoms with E-state index in [1.54, 1.807) is 0 Å². The van der Waals surface area contributed by atoms with Crippen molar-refractivity contribution in [2.45, 2.75) is 30.2 Å². The van der Waals surface area contributed by atoms with Crippen molar-refractivity contribution in [1.29, 1.82) is 0 Å². The number of benzene rings is 3. The van der Waals surface area contributed by atoms with Crippen molar-refractivity contribution in [3.8, 4) is 11.8 Å². The maximum atomic E-state index is 13.1. The summed E-state index contributed by atoms with van der Waals surface area (Å²) < 4.78 is 23.7. The Morgan fingerprint density at radius 1 is 0.947 bits per heavy atom. The van der Waals surface area contributed by atoms with Gasteiger partial charge in [0.2, 0.25) is 0 Å². The van der Waals surface area contributed by atoms with Gasteiger partial charge in [-0.3, -0.25) is 9.59 Å². The molecule has 2 aliphatic rings. The molecule has 2 fully saturated rings. The second-order valence-corrected chi connectivity index (χ2v) is 12.4. The second-order valence-electron chi connectivity index (χ2n) is 9.99. The third-order valence-corrected chi connectivity index (χ3v) is 8.85. The Bertz CT molecular complexity index is 1550. The van der Waals surface area contributed by atoms with E-state index in [0.717, 1.165) is 36.6 Å². The highest BCUT2D eigenvalue weighted by Gasteiger charge is 2.56. The largest absolute Gasteiger partial charge is 0.349 e. The third-order valence-electron chi connectivity index (χ3n) is 7.41. The van der Waals surface area contributed by atoms with Gasteiger partial charge in [-0.2, -0.15) is 0 Å². The maximum Gasteiger partial charge on any atom is 0.253 e. The SMILES string of the molecule is CS(=O)(=O)c1ccc(Cl)c(C(=O)NC2CC23CCN(C(=O)c2ccc(C#Cc4ccccc4)cc2)CC3)c1. The molecule has 0 aromatic heterocycles. The fraction of sp³-hybridized carbons (Fsp3) is 0.267. The highest BCUT2D eigenvalue weighted by Crippen LogP contribution is 2.54. The number of likely N-dealkylation sites (tertiary alicyclic amines) is 1. The molecule has 1 aliphatic heterocycles. The van der Waals surface area contributed by atoms with Crippen molar-refractivity contribution >= 4 is 33.3 Å². The molecule has 8 heteroatoms. The number of sulfone groups is 1. The molecule has 1 heterocycles. The van der Waals surface area contributed by atoms with Crippen LogP contribution in [0.1, 0.15) is 51.1 Å². The number of halogens is 1. The topological polar surface area (TPSA) is 83.6 Å². The molecule has 1 unspecified atom stereocenters. The van der Waals surface area contributed by atoms with Crippen LogP contribution < -0.4 is 5.32 Å². The van der Waals surface area contributed by atoms with E-state index in [4.69, 9.17) is 11.6 Å². The van der Waals surface area contributed by atoms with E-state index in [1.165, 1.54) is 18.2 Å². The van der Waals surface area contributed by atoms with E-state index in [0.29, 0.717) is 18.7 Å². The van der Waals surface area contributed by atoms with Gasteiger partial charge in [0.25, 0.3) is 11.8 Å². The van der Waals surface area contributed by atoms with Gasteiger partial charge >= 0.3 is 0 Å². The zero-order valence-electron chi connectivity index (χ0n) is 20.9. The lowest BCUT2D eigenvalue weighted by molar-refractivity contribution is 0.0668. The smallest absolute Gasteiger partial charge is 0.253 e. The lowest BCUT2D eigenvalue weighted by atomic mass is 9.92. The molecule has 0 radical (unpaired) electrons. The first-order chi connectivity index (χ1) is 18.1. The van der Waals surface area contributed by atoms with Crippen molar-refractivity contribution in [2.24, 2.45) is 5.41 Å². The molecule has 6 nitrogen and oxygen atoms in total. The van der Waals surface area contributed by atoms with Gasteiger partial charge in [-0.05, 0) is 79.3 Å². The number of carbonyl (C=O) groups excluding carboxylic acids is 2. The van der Waals surface area contributed by atoms with Crippen molar-refractivity contribution < 1.29 is 18.0 Å². The van der Waals surface area contributed by atoms with Gasteiger partial charge in [0.05, 0.1) is 15.5 Å². The van der Waals surface area contributed by atoms with Gasteiger partial charge in [-0.15, -0.1) is 0 Å². The summed E-state index contributed by atoms with van der Waals surface area (Å²) in [7, 11) is -3.45. The van der Waals surface area contributed by atoms with Crippen LogP contribution in [-0.4, -0.2) is 50.5 Å². The molecule has 1 atom stereocenters. The van der Waals surface area contributed by atoms with Crippen LogP contribution >= 0.6 is 11.6 Å². The van der Waals surface area contributed by atoms with Gasteiger partial charge < -0.3 is 10.2 Å². The van der Waals surface area contributed by atoms with E-state index in [1.807, 2.05) is 59.5 Å². The predicted octanol–water partition coefficient (Wildman–Crippen LogP) is 4.57. The molecular formula is C30H27ClN2O4S. The Kier molecular flexibility index (Phi) is 7.04. The van der Waals surface area contributed by atoms with Crippen molar-refractivity contribution in [3.05, 3.63) is 100 Å². The summed E-state index contributed by atoms with van der Waals surface area (Å²) in [5, 5.41) is 3.23. The number of amides is 2. The normalized spacial score (nSPS) is 17.8. The standard InChI is InChI=1S/C30H27ClN2O4S/c1-38(36,37)24-13-14-26(31)25(19-24)28(34)32-27-20-30(27)15-17-33(18-16-30)29(35)23-11-9-22(10-12-23)8-7-21-5-3-2-4-6-21/h2-6,9-14,19,27H,15-18,20H2,1H3,(H,32,34). The third kappa shape index (κ3) is 5.62. The van der Waals surface area contributed by atoms with Gasteiger partial charge in [0.15, 0.2) is 9.84 Å². The molecule has 2 amide bonds. The summed E-state index contributed by atoms with van der Waals surface area (Å²) in [5.74, 6) is 5.86. The molecule has 194 valence electrons. The van der Waals surface area contributed by atoms with Gasteiger partial charge in [0.1, 0.15) is 0 Å². The molecule has 3 aromatic carbocycles. The summed E-state index contributed by atoms with van der Waals surface area (Å²) in [6.45, 7) is 1.23. The van der Waals surface area contributed by atoms with E-state index < -0.39 is 9.84 Å². The van der Waals surface area contributed by atoms with Gasteiger partial charge in [-0.25, -0.2) is 8.42 Å². The molecule has 1 N–H and O–H groups in total. The highest BCUT2D eigenvalue weighted by atomic mass is 35.5. The molecule has 1 saturated carbocycles.